The van der Waals surface area contributed by atoms with E-state index in [-0.39, 0.29) is 6.54 Å². The van der Waals surface area contributed by atoms with Crippen LogP contribution in [-0.2, 0) is 11.2 Å². The van der Waals surface area contributed by atoms with Crippen molar-refractivity contribution in [1.29, 1.82) is 0 Å². The number of aliphatic carboxylic acids is 1. The smallest absolute Gasteiger partial charge is 0.317 e. The lowest BCUT2D eigenvalue weighted by molar-refractivity contribution is -0.139. The zero-order chi connectivity index (χ0) is 18.4. The van der Waals surface area contributed by atoms with Crippen LogP contribution in [0.3, 0.4) is 0 Å². The van der Waals surface area contributed by atoms with Crippen LogP contribution in [0.5, 0.6) is 0 Å². The number of nitrogens with one attached hydrogen (secondary N) is 1. The molecule has 1 aromatic rings. The lowest BCUT2D eigenvalue weighted by atomic mass is 9.84. The van der Waals surface area contributed by atoms with Crippen LogP contribution in [0.1, 0.15) is 38.2 Å². The second kappa shape index (κ2) is 9.49. The first-order valence-corrected chi connectivity index (χ1v) is 10.1. The Morgan fingerprint density at radius 1 is 1.19 bits per heavy atom. The van der Waals surface area contributed by atoms with Crippen molar-refractivity contribution in [2.75, 3.05) is 32.7 Å². The Labute approximate surface area is 157 Å². The summed E-state index contributed by atoms with van der Waals surface area (Å²) in [5.74, 6) is -0.717. The number of likely N-dealkylation sites (N-methyl/N-ethyl adjacent to an activating group) is 1. The quantitative estimate of drug-likeness (QED) is 0.708. The van der Waals surface area contributed by atoms with E-state index in [1.165, 1.54) is 31.5 Å². The van der Waals surface area contributed by atoms with Gasteiger partial charge in [0.2, 0.25) is 0 Å². The van der Waals surface area contributed by atoms with Crippen LogP contribution in [0, 0.1) is 0 Å². The summed E-state index contributed by atoms with van der Waals surface area (Å²) in [6.07, 6.45) is 5.77. The van der Waals surface area contributed by atoms with Gasteiger partial charge in [0.1, 0.15) is 0 Å². The number of carboxylic acids is 1. The second-order valence-corrected chi connectivity index (χ2v) is 7.80. The Balaban J connectivity index is 1.31. The van der Waals surface area contributed by atoms with E-state index in [1.54, 1.807) is 0 Å². The van der Waals surface area contributed by atoms with Gasteiger partial charge in [-0.05, 0) is 57.3 Å². The minimum absolute atomic E-state index is 0.174. The topological polar surface area (TPSA) is 55.8 Å². The van der Waals surface area contributed by atoms with Gasteiger partial charge in [-0.25, -0.2) is 0 Å². The van der Waals surface area contributed by atoms with Crippen molar-refractivity contribution in [2.24, 2.45) is 0 Å². The Morgan fingerprint density at radius 2 is 1.88 bits per heavy atom. The fraction of sp³-hybridized carbons (Fsp3) is 0.667. The molecule has 2 aliphatic rings. The third-order valence-electron chi connectivity index (χ3n) is 5.99. The molecule has 0 spiro atoms. The number of benzene rings is 1. The Hall–Kier alpha value is -1.43. The molecule has 0 atom stereocenters. The van der Waals surface area contributed by atoms with E-state index >= 15 is 0 Å². The van der Waals surface area contributed by atoms with Gasteiger partial charge in [-0.1, -0.05) is 37.3 Å². The largest absolute Gasteiger partial charge is 0.480 e. The minimum Gasteiger partial charge on any atom is -0.480 e. The maximum Gasteiger partial charge on any atom is 0.317 e. The Bertz CT molecular complexity index is 552. The van der Waals surface area contributed by atoms with Gasteiger partial charge >= 0.3 is 5.97 Å². The molecule has 3 rings (SSSR count). The second-order valence-electron chi connectivity index (χ2n) is 7.80. The first-order chi connectivity index (χ1) is 12.6. The molecule has 26 heavy (non-hydrogen) atoms. The highest BCUT2D eigenvalue weighted by atomic mass is 16.4. The third kappa shape index (κ3) is 5.53. The van der Waals surface area contributed by atoms with Crippen molar-refractivity contribution in [3.05, 3.63) is 35.9 Å². The molecule has 2 N–H and O–H groups in total. The molecule has 1 saturated heterocycles. The normalized spacial score (nSPS) is 24.5. The average molecular weight is 360 g/mol. The summed E-state index contributed by atoms with van der Waals surface area (Å²) in [5.41, 5.74) is 1.43. The molecule has 0 aromatic heterocycles. The van der Waals surface area contributed by atoms with Crippen molar-refractivity contribution < 1.29 is 9.90 Å². The van der Waals surface area contributed by atoms with Crippen LogP contribution in [0.4, 0.5) is 0 Å². The van der Waals surface area contributed by atoms with E-state index in [9.17, 15) is 4.79 Å². The van der Waals surface area contributed by atoms with Gasteiger partial charge in [0.05, 0.1) is 6.54 Å². The van der Waals surface area contributed by atoms with Gasteiger partial charge in [0.25, 0.3) is 0 Å². The molecule has 1 aliphatic heterocycles. The third-order valence-corrected chi connectivity index (χ3v) is 5.99. The number of carboxylic acid groups (broad SMARTS) is 1. The van der Waals surface area contributed by atoms with Gasteiger partial charge in [-0.3, -0.25) is 9.69 Å². The summed E-state index contributed by atoms with van der Waals surface area (Å²) < 4.78 is 0. The van der Waals surface area contributed by atoms with Crippen LogP contribution in [0.25, 0.3) is 0 Å². The fourth-order valence-corrected chi connectivity index (χ4v) is 4.28. The number of carbonyl (C=O) groups is 1. The molecular weight excluding hydrogens is 326 g/mol. The molecule has 2 fully saturated rings. The predicted molar refractivity (Wildman–Crippen MR) is 104 cm³/mol. The van der Waals surface area contributed by atoms with Crippen LogP contribution in [-0.4, -0.2) is 71.7 Å². The number of hydrogen-bond acceptors (Lipinski definition) is 4. The Kier molecular flexibility index (Phi) is 7.06. The van der Waals surface area contributed by atoms with E-state index in [4.69, 9.17) is 5.11 Å². The first kappa shape index (κ1) is 19.3. The van der Waals surface area contributed by atoms with Crippen LogP contribution in [0.15, 0.2) is 30.3 Å². The predicted octanol–water partition coefficient (Wildman–Crippen LogP) is 2.22. The van der Waals surface area contributed by atoms with Crippen LogP contribution >= 0.6 is 0 Å². The molecule has 0 radical (unpaired) electrons. The molecule has 5 nitrogen and oxygen atoms in total. The molecule has 5 heteroatoms. The first-order valence-electron chi connectivity index (χ1n) is 10.1. The minimum atomic E-state index is -0.717. The average Bonchev–Trinajstić information content (AvgIpc) is 2.62. The summed E-state index contributed by atoms with van der Waals surface area (Å²) in [4.78, 5) is 15.6. The molecule has 1 aliphatic carbocycles. The van der Waals surface area contributed by atoms with Gasteiger partial charge in [0.15, 0.2) is 0 Å². The van der Waals surface area contributed by atoms with E-state index in [1.807, 2.05) is 0 Å². The van der Waals surface area contributed by atoms with Gasteiger partial charge < -0.3 is 15.3 Å². The van der Waals surface area contributed by atoms with Crippen LogP contribution < -0.4 is 5.32 Å². The standard InChI is InChI=1S/C21H33N3O2/c1-2-24(16-21(25)26)20-14-19(15-20)22-18-9-12-23(13-10-18)11-8-17-6-4-3-5-7-17/h3-7,18-20,22H,2,8-16H2,1H3,(H,25,26). The number of nitrogens with zero attached hydrogens (tertiary/aromatic N) is 2. The fourth-order valence-electron chi connectivity index (χ4n) is 4.28. The van der Waals surface area contributed by atoms with Crippen molar-refractivity contribution in [3.63, 3.8) is 0 Å². The lowest BCUT2D eigenvalue weighted by Crippen LogP contribution is -2.57. The molecule has 1 heterocycles. The zero-order valence-electron chi connectivity index (χ0n) is 15.9. The number of likely N-dealkylation sites (tertiary alicyclic amines) is 1. The lowest BCUT2D eigenvalue weighted by Gasteiger charge is -2.45. The molecule has 144 valence electrons. The molecular formula is C21H33N3O2. The van der Waals surface area contributed by atoms with Crippen molar-refractivity contribution in [1.82, 2.24) is 15.1 Å². The van der Waals surface area contributed by atoms with Crippen molar-refractivity contribution in [2.45, 2.75) is 57.2 Å². The van der Waals surface area contributed by atoms with E-state index in [0.717, 1.165) is 32.4 Å². The Morgan fingerprint density at radius 3 is 2.50 bits per heavy atom. The summed E-state index contributed by atoms with van der Waals surface area (Å²) in [7, 11) is 0. The highest BCUT2D eigenvalue weighted by Crippen LogP contribution is 2.27. The molecule has 1 saturated carbocycles. The number of hydrogen-bond donors (Lipinski definition) is 2. The number of rotatable bonds is 9. The zero-order valence-corrected chi connectivity index (χ0v) is 15.9. The number of piperidine rings is 1. The molecule has 1 aromatic carbocycles. The SMILES string of the molecule is CCN(CC(=O)O)C1CC(NC2CCN(CCc3ccccc3)CC2)C1. The van der Waals surface area contributed by atoms with Gasteiger partial charge in [-0.2, -0.15) is 0 Å². The summed E-state index contributed by atoms with van der Waals surface area (Å²) in [6, 6.07) is 12.4. The highest BCUT2D eigenvalue weighted by Gasteiger charge is 2.35. The van der Waals surface area contributed by atoms with Crippen LogP contribution in [0.2, 0.25) is 0 Å². The maximum absolute atomic E-state index is 10.9. The maximum atomic E-state index is 10.9. The monoisotopic (exact) mass is 359 g/mol. The van der Waals surface area contributed by atoms with E-state index < -0.39 is 5.97 Å². The summed E-state index contributed by atoms with van der Waals surface area (Å²) in [5, 5.41) is 12.8. The van der Waals surface area contributed by atoms with E-state index in [0.29, 0.717) is 18.1 Å². The molecule has 0 bridgehead atoms. The molecule has 0 amide bonds. The van der Waals surface area contributed by atoms with Gasteiger partial charge in [0, 0.05) is 24.7 Å². The van der Waals surface area contributed by atoms with Gasteiger partial charge in [-0.15, -0.1) is 0 Å². The van der Waals surface area contributed by atoms with Crippen molar-refractivity contribution >= 4 is 5.97 Å². The summed E-state index contributed by atoms with van der Waals surface area (Å²) >= 11 is 0. The molecule has 0 unspecified atom stereocenters. The summed E-state index contributed by atoms with van der Waals surface area (Å²) in [6.45, 7) is 6.57. The van der Waals surface area contributed by atoms with E-state index in [2.05, 4.69) is 52.4 Å². The highest BCUT2D eigenvalue weighted by molar-refractivity contribution is 5.69. The van der Waals surface area contributed by atoms with Crippen molar-refractivity contribution in [3.8, 4) is 0 Å².